The maximum absolute atomic E-state index is 5.91. The van der Waals surface area contributed by atoms with Crippen LogP contribution in [0.5, 0.6) is 0 Å². The molecule has 112 valence electrons. The maximum atomic E-state index is 5.91. The molecule has 0 spiro atoms. The molecule has 3 nitrogen and oxygen atoms in total. The molecule has 0 heterocycles. The first-order valence-electron chi connectivity index (χ1n) is 7.19. The van der Waals surface area contributed by atoms with Crippen molar-refractivity contribution in [3.05, 3.63) is 46.5 Å². The van der Waals surface area contributed by atoms with E-state index in [9.17, 15) is 0 Å². The van der Waals surface area contributed by atoms with Crippen molar-refractivity contribution in [1.82, 2.24) is 5.32 Å². The molecule has 1 unspecified atom stereocenters. The van der Waals surface area contributed by atoms with Crippen LogP contribution in [0.1, 0.15) is 35.2 Å². The summed E-state index contributed by atoms with van der Waals surface area (Å²) in [6.07, 6.45) is 0. The minimum absolute atomic E-state index is 0.183. The molecular weight excluding hydrogens is 248 g/mol. The molecule has 3 heteroatoms. The van der Waals surface area contributed by atoms with Gasteiger partial charge in [-0.05, 0) is 49.9 Å². The fourth-order valence-corrected chi connectivity index (χ4v) is 2.23. The summed E-state index contributed by atoms with van der Waals surface area (Å²) in [5, 5.41) is 3.47. The Hall–Kier alpha value is -1.16. The number of benzene rings is 1. The molecule has 1 rings (SSSR count). The highest BCUT2D eigenvalue weighted by Gasteiger charge is 2.12. The van der Waals surface area contributed by atoms with Gasteiger partial charge >= 0.3 is 0 Å². The molecule has 0 fully saturated rings. The lowest BCUT2D eigenvalue weighted by Crippen LogP contribution is -2.31. The zero-order chi connectivity index (χ0) is 15.1. The molecule has 20 heavy (non-hydrogen) atoms. The highest BCUT2D eigenvalue weighted by atomic mass is 16.5. The number of nitrogens with one attached hydrogen (secondary N) is 1. The quantitative estimate of drug-likeness (QED) is 0.567. The molecule has 0 radical (unpaired) electrons. The van der Waals surface area contributed by atoms with Gasteiger partial charge in [-0.3, -0.25) is 0 Å². The van der Waals surface area contributed by atoms with Crippen molar-refractivity contribution in [1.29, 1.82) is 0 Å². The second-order valence-corrected chi connectivity index (χ2v) is 5.55. The van der Waals surface area contributed by atoms with Crippen molar-refractivity contribution in [2.75, 3.05) is 26.3 Å². The van der Waals surface area contributed by atoms with Gasteiger partial charge in [0.2, 0.25) is 0 Å². The van der Waals surface area contributed by atoms with Gasteiger partial charge in [-0.1, -0.05) is 24.3 Å². The minimum atomic E-state index is 0.183. The van der Waals surface area contributed by atoms with Crippen LogP contribution in [-0.2, 0) is 4.74 Å². The van der Waals surface area contributed by atoms with Crippen LogP contribution in [0.3, 0.4) is 0 Å². The summed E-state index contributed by atoms with van der Waals surface area (Å²) in [4.78, 5) is 0. The second kappa shape index (κ2) is 8.20. The normalized spacial score (nSPS) is 12.4. The number of rotatable bonds is 8. The van der Waals surface area contributed by atoms with E-state index in [2.05, 4.69) is 44.8 Å². The van der Waals surface area contributed by atoms with Gasteiger partial charge < -0.3 is 15.8 Å². The smallest absolute Gasteiger partial charge is 0.0672 e. The third-order valence-electron chi connectivity index (χ3n) is 3.48. The Labute approximate surface area is 123 Å². The molecule has 1 aromatic carbocycles. The molecule has 0 bridgehead atoms. The van der Waals surface area contributed by atoms with E-state index in [1.165, 1.54) is 22.3 Å². The molecule has 1 atom stereocenters. The van der Waals surface area contributed by atoms with Gasteiger partial charge in [0.05, 0.1) is 13.2 Å². The van der Waals surface area contributed by atoms with Gasteiger partial charge in [0.15, 0.2) is 0 Å². The molecule has 0 aliphatic rings. The van der Waals surface area contributed by atoms with Gasteiger partial charge in [0, 0.05) is 19.1 Å². The van der Waals surface area contributed by atoms with E-state index in [0.717, 1.165) is 12.1 Å². The van der Waals surface area contributed by atoms with Crippen molar-refractivity contribution in [2.24, 2.45) is 5.73 Å². The summed E-state index contributed by atoms with van der Waals surface area (Å²) in [5.41, 5.74) is 12.2. The van der Waals surface area contributed by atoms with E-state index in [1.54, 1.807) is 0 Å². The van der Waals surface area contributed by atoms with Crippen molar-refractivity contribution in [2.45, 2.75) is 33.7 Å². The zero-order valence-electron chi connectivity index (χ0n) is 13.3. The molecule has 0 aliphatic carbocycles. The number of ether oxygens (including phenoxy) is 1. The molecule has 0 amide bonds. The third kappa shape index (κ3) is 5.08. The van der Waals surface area contributed by atoms with E-state index in [4.69, 9.17) is 10.5 Å². The van der Waals surface area contributed by atoms with Gasteiger partial charge in [0.1, 0.15) is 0 Å². The van der Waals surface area contributed by atoms with E-state index < -0.39 is 0 Å². The first-order chi connectivity index (χ1) is 9.45. The largest absolute Gasteiger partial charge is 0.376 e. The average Bonchev–Trinajstić information content (AvgIpc) is 2.38. The summed E-state index contributed by atoms with van der Waals surface area (Å²) < 4.78 is 5.50. The minimum Gasteiger partial charge on any atom is -0.376 e. The summed E-state index contributed by atoms with van der Waals surface area (Å²) >= 11 is 0. The topological polar surface area (TPSA) is 47.3 Å². The monoisotopic (exact) mass is 276 g/mol. The molecule has 1 aromatic rings. The molecule has 3 N–H and O–H groups in total. The summed E-state index contributed by atoms with van der Waals surface area (Å²) in [6.45, 7) is 14.9. The van der Waals surface area contributed by atoms with Crippen LogP contribution in [0.15, 0.2) is 24.3 Å². The summed E-state index contributed by atoms with van der Waals surface area (Å²) in [5.74, 6) is 0. The van der Waals surface area contributed by atoms with Crippen molar-refractivity contribution in [3.8, 4) is 0 Å². The van der Waals surface area contributed by atoms with Gasteiger partial charge in [0.25, 0.3) is 0 Å². The Kier molecular flexibility index (Phi) is 6.93. The fourth-order valence-electron chi connectivity index (χ4n) is 2.23. The highest BCUT2D eigenvalue weighted by Crippen LogP contribution is 2.21. The van der Waals surface area contributed by atoms with Crippen LogP contribution in [0.4, 0.5) is 0 Å². The Morgan fingerprint density at radius 3 is 2.50 bits per heavy atom. The Morgan fingerprint density at radius 2 is 1.90 bits per heavy atom. The first-order valence-corrected chi connectivity index (χ1v) is 7.19. The summed E-state index contributed by atoms with van der Waals surface area (Å²) in [7, 11) is 0. The lowest BCUT2D eigenvalue weighted by atomic mass is 9.96. The maximum Gasteiger partial charge on any atom is 0.0672 e. The van der Waals surface area contributed by atoms with Gasteiger partial charge in [-0.2, -0.15) is 0 Å². The lowest BCUT2D eigenvalue weighted by Gasteiger charge is -2.21. The van der Waals surface area contributed by atoms with E-state index in [1.807, 2.05) is 6.92 Å². The van der Waals surface area contributed by atoms with Crippen LogP contribution < -0.4 is 11.1 Å². The van der Waals surface area contributed by atoms with Crippen molar-refractivity contribution in [3.63, 3.8) is 0 Å². The molecule has 0 aliphatic heterocycles. The Bertz CT molecular complexity index is 455. The number of nitrogens with two attached hydrogens (primary N) is 1. The van der Waals surface area contributed by atoms with Crippen molar-refractivity contribution < 1.29 is 4.74 Å². The third-order valence-corrected chi connectivity index (χ3v) is 3.48. The van der Waals surface area contributed by atoms with E-state index in [-0.39, 0.29) is 6.04 Å². The van der Waals surface area contributed by atoms with E-state index >= 15 is 0 Å². The predicted octanol–water partition coefficient (Wildman–Crippen LogP) is 2.79. The van der Waals surface area contributed by atoms with Crippen LogP contribution in [0, 0.1) is 20.8 Å². The summed E-state index contributed by atoms with van der Waals surface area (Å²) in [6, 6.07) is 4.65. The number of aryl methyl sites for hydroxylation is 3. The first kappa shape index (κ1) is 16.9. The van der Waals surface area contributed by atoms with Crippen molar-refractivity contribution >= 4 is 0 Å². The predicted molar refractivity (Wildman–Crippen MR) is 86.1 cm³/mol. The van der Waals surface area contributed by atoms with Crippen LogP contribution in [0.2, 0.25) is 0 Å². The SMILES string of the molecule is C=C(C)COCCNC(CN)c1cc(C)c(C)cc1C. The zero-order valence-corrected chi connectivity index (χ0v) is 13.3. The molecule has 0 saturated carbocycles. The van der Waals surface area contributed by atoms with Crippen LogP contribution in [0.25, 0.3) is 0 Å². The standard InChI is InChI=1S/C17H28N2O/c1-12(2)11-20-7-6-19-17(10-18)16-9-14(4)13(3)8-15(16)5/h8-9,17,19H,1,6-7,10-11,18H2,2-5H3. The van der Waals surface area contributed by atoms with Crippen LogP contribution in [-0.4, -0.2) is 26.3 Å². The van der Waals surface area contributed by atoms with E-state index in [0.29, 0.717) is 19.8 Å². The number of hydrogen-bond acceptors (Lipinski definition) is 3. The molecular formula is C17H28N2O. The van der Waals surface area contributed by atoms with Gasteiger partial charge in [-0.25, -0.2) is 0 Å². The molecule has 0 aromatic heterocycles. The highest BCUT2D eigenvalue weighted by molar-refractivity contribution is 5.38. The second-order valence-electron chi connectivity index (χ2n) is 5.55. The van der Waals surface area contributed by atoms with Gasteiger partial charge in [-0.15, -0.1) is 0 Å². The molecule has 0 saturated heterocycles. The Morgan fingerprint density at radius 1 is 1.25 bits per heavy atom. The lowest BCUT2D eigenvalue weighted by molar-refractivity contribution is 0.155. The number of hydrogen-bond donors (Lipinski definition) is 2. The fraction of sp³-hybridized carbons (Fsp3) is 0.529. The Balaban J connectivity index is 2.58. The average molecular weight is 276 g/mol. The van der Waals surface area contributed by atoms with Crippen LogP contribution >= 0.6 is 0 Å².